The zero-order valence-corrected chi connectivity index (χ0v) is 12.8. The van der Waals surface area contributed by atoms with Gasteiger partial charge in [0.2, 0.25) is 0 Å². The fraction of sp³-hybridized carbons (Fsp3) is 0.471. The molecule has 0 fully saturated rings. The van der Waals surface area contributed by atoms with Crippen LogP contribution in [0.15, 0.2) is 35.9 Å². The molecule has 1 N–H and O–H groups in total. The van der Waals surface area contributed by atoms with Crippen LogP contribution in [-0.2, 0) is 13.5 Å². The maximum atomic E-state index is 4.65. The van der Waals surface area contributed by atoms with Crippen molar-refractivity contribution in [2.45, 2.75) is 33.1 Å². The summed E-state index contributed by atoms with van der Waals surface area (Å²) in [5.74, 6) is 0. The summed E-state index contributed by atoms with van der Waals surface area (Å²) in [6.45, 7) is 6.56. The molecule has 0 atom stereocenters. The summed E-state index contributed by atoms with van der Waals surface area (Å²) in [5.41, 5.74) is 3.78. The average Bonchev–Trinajstić information content (AvgIpc) is 2.76. The molecule has 2 rings (SSSR count). The number of para-hydroxylation sites is 1. The molecule has 3 heteroatoms. The molecule has 0 radical (unpaired) electrons. The molecular formula is C17H25N3. The fourth-order valence-electron chi connectivity index (χ4n) is 2.48. The van der Waals surface area contributed by atoms with Crippen LogP contribution in [0.25, 0.3) is 10.9 Å². The van der Waals surface area contributed by atoms with Gasteiger partial charge >= 0.3 is 0 Å². The van der Waals surface area contributed by atoms with Gasteiger partial charge < -0.3 is 5.32 Å². The summed E-state index contributed by atoms with van der Waals surface area (Å²) in [7, 11) is 2.01. The third kappa shape index (κ3) is 3.70. The molecule has 0 aliphatic heterocycles. The topological polar surface area (TPSA) is 29.9 Å². The number of hydrogen-bond donors (Lipinski definition) is 1. The van der Waals surface area contributed by atoms with Crippen molar-refractivity contribution in [1.29, 1.82) is 0 Å². The van der Waals surface area contributed by atoms with E-state index in [-0.39, 0.29) is 0 Å². The molecule has 0 amide bonds. The van der Waals surface area contributed by atoms with Gasteiger partial charge in [-0.25, -0.2) is 0 Å². The number of nitrogens with one attached hydrogen (secondary N) is 1. The standard InChI is InChI=1S/C17H25N3/c1-4-11-18-12-7-8-14(2)13-16-15-9-5-6-10-17(15)20(3)19-16/h5-6,8-10,18H,4,7,11-13H2,1-3H3. The number of allylic oxidation sites excluding steroid dienone is 1. The Morgan fingerprint density at radius 1 is 1.30 bits per heavy atom. The highest BCUT2D eigenvalue weighted by molar-refractivity contribution is 5.82. The molecule has 108 valence electrons. The summed E-state index contributed by atoms with van der Waals surface area (Å²) >= 11 is 0. The van der Waals surface area contributed by atoms with Crippen LogP contribution in [0.1, 0.15) is 32.4 Å². The molecule has 0 aliphatic rings. The lowest BCUT2D eigenvalue weighted by Gasteiger charge is -2.01. The van der Waals surface area contributed by atoms with Crippen molar-refractivity contribution in [2.24, 2.45) is 7.05 Å². The lowest BCUT2D eigenvalue weighted by molar-refractivity contribution is 0.676. The van der Waals surface area contributed by atoms with Crippen LogP contribution in [0.5, 0.6) is 0 Å². The summed E-state index contributed by atoms with van der Waals surface area (Å²) in [5, 5.41) is 9.34. The molecule has 3 nitrogen and oxygen atoms in total. The Labute approximate surface area is 121 Å². The first-order valence-electron chi connectivity index (χ1n) is 7.49. The van der Waals surface area contributed by atoms with Crippen molar-refractivity contribution in [3.8, 4) is 0 Å². The summed E-state index contributed by atoms with van der Waals surface area (Å²) < 4.78 is 1.97. The third-order valence-electron chi connectivity index (χ3n) is 3.52. The van der Waals surface area contributed by atoms with E-state index in [0.29, 0.717) is 0 Å². The van der Waals surface area contributed by atoms with E-state index in [1.807, 2.05) is 11.7 Å². The van der Waals surface area contributed by atoms with Crippen molar-refractivity contribution >= 4 is 10.9 Å². The van der Waals surface area contributed by atoms with Gasteiger partial charge in [-0.05, 0) is 38.9 Å². The zero-order chi connectivity index (χ0) is 14.4. The van der Waals surface area contributed by atoms with Crippen LogP contribution in [0.2, 0.25) is 0 Å². The maximum Gasteiger partial charge on any atom is 0.0743 e. The van der Waals surface area contributed by atoms with Crippen molar-refractivity contribution < 1.29 is 0 Å². The predicted molar refractivity (Wildman–Crippen MR) is 86.0 cm³/mol. The number of rotatable bonds is 7. The van der Waals surface area contributed by atoms with Crippen LogP contribution in [-0.4, -0.2) is 22.9 Å². The van der Waals surface area contributed by atoms with Gasteiger partial charge in [0.1, 0.15) is 0 Å². The molecule has 0 saturated heterocycles. The van der Waals surface area contributed by atoms with Gasteiger partial charge in [-0.1, -0.05) is 36.8 Å². The lowest BCUT2D eigenvalue weighted by atomic mass is 10.1. The Morgan fingerprint density at radius 3 is 2.90 bits per heavy atom. The molecule has 2 aromatic rings. The largest absolute Gasteiger partial charge is 0.316 e. The van der Waals surface area contributed by atoms with Crippen LogP contribution in [0.3, 0.4) is 0 Å². The van der Waals surface area contributed by atoms with Gasteiger partial charge in [-0.2, -0.15) is 5.10 Å². The van der Waals surface area contributed by atoms with Crippen molar-refractivity contribution in [3.63, 3.8) is 0 Å². The maximum absolute atomic E-state index is 4.65. The Hall–Kier alpha value is -1.61. The molecule has 1 heterocycles. The number of fused-ring (bicyclic) bond motifs is 1. The van der Waals surface area contributed by atoms with Gasteiger partial charge in [0.05, 0.1) is 11.2 Å². The first kappa shape index (κ1) is 14.8. The first-order valence-corrected chi connectivity index (χ1v) is 7.49. The average molecular weight is 271 g/mol. The second-order valence-electron chi connectivity index (χ2n) is 5.35. The number of benzene rings is 1. The van der Waals surface area contributed by atoms with Crippen LogP contribution in [0.4, 0.5) is 0 Å². The molecule has 20 heavy (non-hydrogen) atoms. The van der Waals surface area contributed by atoms with Gasteiger partial charge in [-0.15, -0.1) is 0 Å². The highest BCUT2D eigenvalue weighted by atomic mass is 15.3. The summed E-state index contributed by atoms with van der Waals surface area (Å²) in [4.78, 5) is 0. The quantitative estimate of drug-likeness (QED) is 0.617. The fourth-order valence-corrected chi connectivity index (χ4v) is 2.48. The molecule has 0 spiro atoms. The van der Waals surface area contributed by atoms with Crippen LogP contribution in [0, 0.1) is 0 Å². The Kier molecular flexibility index (Phi) is 5.36. The second-order valence-corrected chi connectivity index (χ2v) is 5.35. The summed E-state index contributed by atoms with van der Waals surface area (Å²) in [6, 6.07) is 8.43. The summed E-state index contributed by atoms with van der Waals surface area (Å²) in [6.07, 6.45) is 5.56. The molecular weight excluding hydrogens is 246 g/mol. The lowest BCUT2D eigenvalue weighted by Crippen LogP contribution is -2.15. The van der Waals surface area contributed by atoms with E-state index >= 15 is 0 Å². The smallest absolute Gasteiger partial charge is 0.0743 e. The molecule has 1 aromatic heterocycles. The normalized spacial score (nSPS) is 12.2. The van der Waals surface area contributed by atoms with E-state index in [1.54, 1.807) is 0 Å². The minimum atomic E-state index is 0.940. The van der Waals surface area contributed by atoms with Crippen LogP contribution < -0.4 is 5.32 Å². The van der Waals surface area contributed by atoms with Crippen molar-refractivity contribution in [3.05, 3.63) is 41.6 Å². The van der Waals surface area contributed by atoms with E-state index in [4.69, 9.17) is 0 Å². The SMILES string of the molecule is CCCNCCC=C(C)Cc1nn(C)c2ccccc12. The minimum absolute atomic E-state index is 0.940. The zero-order valence-electron chi connectivity index (χ0n) is 12.8. The minimum Gasteiger partial charge on any atom is -0.316 e. The first-order chi connectivity index (χ1) is 9.72. The highest BCUT2D eigenvalue weighted by Gasteiger charge is 2.07. The van der Waals surface area contributed by atoms with Gasteiger partial charge in [-0.3, -0.25) is 4.68 Å². The number of aromatic nitrogens is 2. The molecule has 1 aromatic carbocycles. The van der Waals surface area contributed by atoms with Gasteiger partial charge in [0.15, 0.2) is 0 Å². The van der Waals surface area contributed by atoms with Crippen molar-refractivity contribution in [1.82, 2.24) is 15.1 Å². The van der Waals surface area contributed by atoms with Crippen LogP contribution >= 0.6 is 0 Å². The molecule has 0 unspecified atom stereocenters. The van der Waals surface area contributed by atoms with Crippen molar-refractivity contribution in [2.75, 3.05) is 13.1 Å². The molecule has 0 saturated carbocycles. The Bertz CT molecular complexity index is 581. The number of aryl methyl sites for hydroxylation is 1. The van der Waals surface area contributed by atoms with E-state index in [9.17, 15) is 0 Å². The molecule has 0 aliphatic carbocycles. The number of nitrogens with zero attached hydrogens (tertiary/aromatic N) is 2. The Balaban J connectivity index is 1.99. The monoisotopic (exact) mass is 271 g/mol. The third-order valence-corrected chi connectivity index (χ3v) is 3.52. The second kappa shape index (κ2) is 7.25. The van der Waals surface area contributed by atoms with E-state index in [1.165, 1.54) is 28.6 Å². The Morgan fingerprint density at radius 2 is 2.10 bits per heavy atom. The van der Waals surface area contributed by atoms with Gasteiger partial charge in [0.25, 0.3) is 0 Å². The highest BCUT2D eigenvalue weighted by Crippen LogP contribution is 2.19. The number of hydrogen-bond acceptors (Lipinski definition) is 2. The van der Waals surface area contributed by atoms with E-state index in [0.717, 1.165) is 25.9 Å². The predicted octanol–water partition coefficient (Wildman–Crippen LogP) is 3.45. The van der Waals surface area contributed by atoms with E-state index < -0.39 is 0 Å². The van der Waals surface area contributed by atoms with E-state index in [2.05, 4.69) is 54.6 Å². The van der Waals surface area contributed by atoms with Gasteiger partial charge in [0, 0.05) is 18.9 Å². The molecule has 0 bridgehead atoms.